The third-order valence-corrected chi connectivity index (χ3v) is 6.76. The van der Waals surface area contributed by atoms with Gasteiger partial charge in [0.15, 0.2) is 0 Å². The summed E-state index contributed by atoms with van der Waals surface area (Å²) in [6.07, 6.45) is 8.08. The van der Waals surface area contributed by atoms with Crippen molar-refractivity contribution in [2.45, 2.75) is 92.9 Å². The van der Waals surface area contributed by atoms with Crippen LogP contribution in [0.3, 0.4) is 0 Å². The van der Waals surface area contributed by atoms with Crippen molar-refractivity contribution in [2.75, 3.05) is 24.7 Å². The van der Waals surface area contributed by atoms with E-state index in [-0.39, 0.29) is 29.8 Å². The number of nitrogens with two attached hydrogens (primary N) is 2. The second-order valence-electron chi connectivity index (χ2n) is 9.44. The smallest absolute Gasteiger partial charge is 0.209 e. The van der Waals surface area contributed by atoms with Gasteiger partial charge >= 0.3 is 0 Å². The molecular weight excluding hydrogens is 412 g/mol. The molecule has 0 aromatic heterocycles. The molecule has 7 nitrogen and oxygen atoms in total. The molecule has 0 bridgehead atoms. The molecule has 0 aromatic carbocycles. The molecule has 0 unspecified atom stereocenters. The maximum absolute atomic E-state index is 11.1. The molecule has 0 heterocycles. The zero-order valence-corrected chi connectivity index (χ0v) is 19.8. The molecule has 29 heavy (non-hydrogen) atoms. The fourth-order valence-electron chi connectivity index (χ4n) is 3.14. The number of hydrogen-bond donors (Lipinski definition) is 2. The summed E-state index contributed by atoms with van der Waals surface area (Å²) in [5.41, 5.74) is 0.0918. The Kier molecular flexibility index (Phi) is 14.9. The summed E-state index contributed by atoms with van der Waals surface area (Å²) in [6, 6.07) is 0. The van der Waals surface area contributed by atoms with E-state index in [2.05, 4.69) is 27.7 Å². The highest BCUT2D eigenvalue weighted by molar-refractivity contribution is 7.89. The Hall–Kier alpha value is -0.220. The Morgan fingerprint density at radius 1 is 0.621 bits per heavy atom. The van der Waals surface area contributed by atoms with E-state index < -0.39 is 20.0 Å². The third kappa shape index (κ3) is 22.3. The minimum atomic E-state index is -3.39. The van der Waals surface area contributed by atoms with Gasteiger partial charge in [-0.25, -0.2) is 27.1 Å². The van der Waals surface area contributed by atoms with Gasteiger partial charge in [-0.05, 0) is 55.8 Å². The van der Waals surface area contributed by atoms with E-state index in [1.165, 1.54) is 0 Å². The highest BCUT2D eigenvalue weighted by Crippen LogP contribution is 2.29. The van der Waals surface area contributed by atoms with Crippen LogP contribution in [0, 0.1) is 10.8 Å². The lowest BCUT2D eigenvalue weighted by Crippen LogP contribution is -2.22. The number of rotatable bonds is 17. The maximum Gasteiger partial charge on any atom is 0.209 e. The van der Waals surface area contributed by atoms with Gasteiger partial charge in [0.25, 0.3) is 0 Å². The molecule has 0 rings (SSSR count). The van der Waals surface area contributed by atoms with Crippen LogP contribution < -0.4 is 10.3 Å². The van der Waals surface area contributed by atoms with E-state index in [1.54, 1.807) is 0 Å². The first-order chi connectivity index (χ1) is 12.6. The average molecular weight is 459 g/mol. The van der Waals surface area contributed by atoms with Gasteiger partial charge in [0, 0.05) is 13.2 Å². The molecule has 0 fully saturated rings. The van der Waals surface area contributed by atoms with Crippen molar-refractivity contribution in [3.8, 4) is 0 Å². The summed E-state index contributed by atoms with van der Waals surface area (Å²) in [6.45, 7) is 9.93. The predicted molar refractivity (Wildman–Crippen MR) is 123 cm³/mol. The average Bonchev–Trinajstić information content (AvgIpc) is 2.49. The van der Waals surface area contributed by atoms with Crippen molar-refractivity contribution in [1.82, 2.24) is 0 Å². The monoisotopic (exact) mass is 458 g/mol. The van der Waals surface area contributed by atoms with Crippen molar-refractivity contribution in [1.29, 1.82) is 0 Å². The maximum atomic E-state index is 11.1. The Morgan fingerprint density at radius 3 is 1.41 bits per heavy atom. The summed E-state index contributed by atoms with van der Waals surface area (Å²) in [7, 11) is -6.74. The second kappa shape index (κ2) is 14.0. The normalized spacial score (nSPS) is 13.3. The van der Waals surface area contributed by atoms with E-state index in [1.807, 2.05) is 0 Å². The van der Waals surface area contributed by atoms with Crippen LogP contribution in [0.1, 0.15) is 92.9 Å². The molecule has 0 aliphatic carbocycles. The number of primary sulfonamides is 2. The summed E-state index contributed by atoms with van der Waals surface area (Å²) < 4.78 is 49.8. The SMILES string of the molecule is C.CC(C)(CCCCOCCCCC(C)(C)CCS(N)(=O)=O)CCCS(N)(=O)=O. The molecule has 0 spiro atoms. The molecule has 0 radical (unpaired) electrons. The molecule has 0 aliphatic rings. The van der Waals surface area contributed by atoms with E-state index in [9.17, 15) is 16.8 Å². The molecule has 0 saturated carbocycles. The van der Waals surface area contributed by atoms with Crippen molar-refractivity contribution >= 4 is 20.0 Å². The zero-order valence-electron chi connectivity index (χ0n) is 18.2. The standard InChI is InChI=1S/C19H42N2O5S2.CH4/c1-18(2,12-9-16-27(20,22)23)10-5-7-14-26-15-8-6-11-19(3,4)13-17-28(21,24)25;/h5-17H2,1-4H3,(H2,20,22,23)(H2,21,24,25);1H4. The Morgan fingerprint density at radius 2 is 1.00 bits per heavy atom. The number of ether oxygens (including phenoxy) is 1. The largest absolute Gasteiger partial charge is 0.381 e. The highest BCUT2D eigenvalue weighted by Gasteiger charge is 2.20. The summed E-state index contributed by atoms with van der Waals surface area (Å²) in [5.74, 6) is 0.0905. The molecule has 0 aromatic rings. The first-order valence-electron chi connectivity index (χ1n) is 10.2. The van der Waals surface area contributed by atoms with Crippen LogP contribution in [0.2, 0.25) is 0 Å². The van der Waals surface area contributed by atoms with Gasteiger partial charge in [0.1, 0.15) is 0 Å². The molecule has 178 valence electrons. The quantitative estimate of drug-likeness (QED) is 0.320. The molecule has 0 amide bonds. The zero-order chi connectivity index (χ0) is 21.9. The Labute approximate surface area is 180 Å². The Balaban J connectivity index is 0. The number of unbranched alkanes of at least 4 members (excludes halogenated alkanes) is 2. The van der Waals surface area contributed by atoms with Crippen LogP contribution in [0.15, 0.2) is 0 Å². The first kappa shape index (κ1) is 31.0. The van der Waals surface area contributed by atoms with Gasteiger partial charge in [0.05, 0.1) is 11.5 Å². The van der Waals surface area contributed by atoms with E-state index >= 15 is 0 Å². The molecule has 0 saturated heterocycles. The third-order valence-electron chi connectivity index (χ3n) is 5.13. The van der Waals surface area contributed by atoms with Crippen LogP contribution in [-0.4, -0.2) is 41.6 Å². The fraction of sp³-hybridized carbons (Fsp3) is 1.00. The van der Waals surface area contributed by atoms with Gasteiger partial charge in [-0.2, -0.15) is 0 Å². The minimum absolute atomic E-state index is 0. The summed E-state index contributed by atoms with van der Waals surface area (Å²) >= 11 is 0. The molecule has 4 N–H and O–H groups in total. The predicted octanol–water partition coefficient (Wildman–Crippen LogP) is 3.78. The van der Waals surface area contributed by atoms with E-state index in [4.69, 9.17) is 15.0 Å². The second-order valence-corrected chi connectivity index (χ2v) is 12.9. The van der Waals surface area contributed by atoms with Gasteiger partial charge in [-0.3, -0.25) is 0 Å². The Bertz CT molecular complexity index is 629. The summed E-state index contributed by atoms with van der Waals surface area (Å²) in [5, 5.41) is 10.1. The molecule has 0 atom stereocenters. The van der Waals surface area contributed by atoms with Crippen molar-refractivity contribution in [2.24, 2.45) is 21.1 Å². The lowest BCUT2D eigenvalue weighted by Gasteiger charge is -2.24. The van der Waals surface area contributed by atoms with E-state index in [0.29, 0.717) is 12.8 Å². The molecule has 9 heteroatoms. The fourth-order valence-corrected chi connectivity index (χ4v) is 4.52. The van der Waals surface area contributed by atoms with Crippen LogP contribution >= 0.6 is 0 Å². The van der Waals surface area contributed by atoms with Crippen molar-refractivity contribution in [3.63, 3.8) is 0 Å². The lowest BCUT2D eigenvalue weighted by atomic mass is 9.83. The van der Waals surface area contributed by atoms with Crippen molar-refractivity contribution in [3.05, 3.63) is 0 Å². The molecule has 0 aliphatic heterocycles. The van der Waals surface area contributed by atoms with Gasteiger partial charge in [-0.15, -0.1) is 0 Å². The van der Waals surface area contributed by atoms with Crippen LogP contribution in [-0.2, 0) is 24.8 Å². The summed E-state index contributed by atoms with van der Waals surface area (Å²) in [4.78, 5) is 0. The van der Waals surface area contributed by atoms with Crippen LogP contribution in [0.25, 0.3) is 0 Å². The van der Waals surface area contributed by atoms with Gasteiger partial charge in [0.2, 0.25) is 20.0 Å². The van der Waals surface area contributed by atoms with Gasteiger partial charge in [-0.1, -0.05) is 48.0 Å². The number of hydrogen-bond acceptors (Lipinski definition) is 5. The van der Waals surface area contributed by atoms with Crippen LogP contribution in [0.5, 0.6) is 0 Å². The minimum Gasteiger partial charge on any atom is -0.381 e. The molecular formula is C20H46N2O5S2. The first-order valence-corrected chi connectivity index (χ1v) is 13.6. The number of sulfonamides is 2. The lowest BCUT2D eigenvalue weighted by molar-refractivity contribution is 0.120. The topological polar surface area (TPSA) is 130 Å². The highest BCUT2D eigenvalue weighted by atomic mass is 32.2. The van der Waals surface area contributed by atoms with Gasteiger partial charge < -0.3 is 4.74 Å². The van der Waals surface area contributed by atoms with Crippen LogP contribution in [0.4, 0.5) is 0 Å². The van der Waals surface area contributed by atoms with Crippen molar-refractivity contribution < 1.29 is 21.6 Å². The van der Waals surface area contributed by atoms with E-state index in [0.717, 1.165) is 58.2 Å².